The normalized spacial score (nSPS) is 11.7. The van der Waals surface area contributed by atoms with E-state index in [0.29, 0.717) is 0 Å². The molecule has 2 aromatic heterocycles. The van der Waals surface area contributed by atoms with Crippen LogP contribution < -0.4 is 0 Å². The van der Waals surface area contributed by atoms with Gasteiger partial charge in [-0.3, -0.25) is 0 Å². The molecule has 0 aliphatic carbocycles. The Hall–Kier alpha value is -7.16. The summed E-state index contributed by atoms with van der Waals surface area (Å²) >= 11 is 0. The lowest BCUT2D eigenvalue weighted by molar-refractivity contribution is 1.13. The van der Waals surface area contributed by atoms with Crippen molar-refractivity contribution in [2.75, 3.05) is 0 Å². The number of nitrogens with zero attached hydrogens (tertiary/aromatic N) is 2. The SMILES string of the molecule is c1ccc(-c2c3ccccc3c(-n3c4ccccc4c4ccc5c(-c6ccccc6)c(-c6ccccc6)n(-c6ccccc6)c5c43)c3ccccc23)cc1. The van der Waals surface area contributed by atoms with Gasteiger partial charge in [0.15, 0.2) is 0 Å². The summed E-state index contributed by atoms with van der Waals surface area (Å²) in [6.45, 7) is 0. The third-order valence-corrected chi connectivity index (χ3v) is 11.1. The Morgan fingerprint density at radius 3 is 1.28 bits per heavy atom. The molecule has 0 atom stereocenters. The fraction of sp³-hybridized carbons (Fsp3) is 0. The first-order chi connectivity index (χ1) is 26.9. The Balaban J connectivity index is 1.41. The van der Waals surface area contributed by atoms with Crippen LogP contribution in [0.5, 0.6) is 0 Å². The van der Waals surface area contributed by atoms with Crippen molar-refractivity contribution in [2.45, 2.75) is 0 Å². The summed E-state index contributed by atoms with van der Waals surface area (Å²) in [6, 6.07) is 75.1. The largest absolute Gasteiger partial charge is 0.307 e. The number of aromatic nitrogens is 2. The van der Waals surface area contributed by atoms with Crippen LogP contribution in [0.15, 0.2) is 206 Å². The van der Waals surface area contributed by atoms with Crippen LogP contribution in [0, 0.1) is 0 Å². The van der Waals surface area contributed by atoms with Gasteiger partial charge in [0.2, 0.25) is 0 Å². The minimum absolute atomic E-state index is 1.13. The lowest BCUT2D eigenvalue weighted by atomic mass is 9.90. The zero-order valence-corrected chi connectivity index (χ0v) is 29.5. The lowest BCUT2D eigenvalue weighted by Crippen LogP contribution is -2.02. The van der Waals surface area contributed by atoms with Gasteiger partial charge in [-0.05, 0) is 51.2 Å². The molecule has 0 saturated heterocycles. The standard InChI is InChI=1S/C52H34N2/c1-5-19-35(20-6-1)47-40-28-13-15-30-42(40)50(43-31-16-14-29-41(43)47)54-46-32-18-17-27-39(46)44-33-34-45-48(36-21-7-2-8-22-36)49(37-23-9-3-10-24-37)53(52(45)51(44)54)38-25-11-4-12-26-38/h1-34H. The molecule has 2 nitrogen and oxygen atoms in total. The van der Waals surface area contributed by atoms with Crippen LogP contribution in [0.2, 0.25) is 0 Å². The van der Waals surface area contributed by atoms with Crippen molar-refractivity contribution in [3.8, 4) is 44.9 Å². The molecule has 0 bridgehead atoms. The van der Waals surface area contributed by atoms with Gasteiger partial charge >= 0.3 is 0 Å². The maximum Gasteiger partial charge on any atom is 0.0789 e. The second kappa shape index (κ2) is 12.2. The fourth-order valence-electron chi connectivity index (χ4n) is 8.92. The Morgan fingerprint density at radius 1 is 0.259 bits per heavy atom. The molecule has 11 rings (SSSR count). The van der Waals surface area contributed by atoms with Crippen LogP contribution in [-0.4, -0.2) is 9.13 Å². The molecular weight excluding hydrogens is 653 g/mol. The van der Waals surface area contributed by atoms with Gasteiger partial charge in [-0.25, -0.2) is 0 Å². The van der Waals surface area contributed by atoms with E-state index >= 15 is 0 Å². The highest BCUT2D eigenvalue weighted by Crippen LogP contribution is 2.49. The monoisotopic (exact) mass is 686 g/mol. The van der Waals surface area contributed by atoms with Gasteiger partial charge in [0.05, 0.1) is 27.9 Å². The Morgan fingerprint density at radius 2 is 0.685 bits per heavy atom. The van der Waals surface area contributed by atoms with Crippen LogP contribution >= 0.6 is 0 Å². The lowest BCUT2D eigenvalue weighted by Gasteiger charge is -2.20. The van der Waals surface area contributed by atoms with E-state index < -0.39 is 0 Å². The number of hydrogen-bond acceptors (Lipinski definition) is 0. The molecule has 0 radical (unpaired) electrons. The van der Waals surface area contributed by atoms with Gasteiger partial charge in [-0.2, -0.15) is 0 Å². The Labute approximate surface area is 313 Å². The molecule has 2 heterocycles. The van der Waals surface area contributed by atoms with Gasteiger partial charge in [0, 0.05) is 38.2 Å². The second-order valence-corrected chi connectivity index (χ2v) is 14.0. The van der Waals surface area contributed by atoms with Crippen molar-refractivity contribution in [3.63, 3.8) is 0 Å². The average molecular weight is 687 g/mol. The number of hydrogen-bond donors (Lipinski definition) is 0. The zero-order chi connectivity index (χ0) is 35.6. The fourth-order valence-corrected chi connectivity index (χ4v) is 8.92. The summed E-state index contributed by atoms with van der Waals surface area (Å²) in [7, 11) is 0. The highest BCUT2D eigenvalue weighted by atomic mass is 15.1. The smallest absolute Gasteiger partial charge is 0.0789 e. The van der Waals surface area contributed by atoms with Crippen molar-refractivity contribution >= 4 is 54.3 Å². The summed E-state index contributed by atoms with van der Waals surface area (Å²) < 4.78 is 5.10. The van der Waals surface area contributed by atoms with Crippen LogP contribution in [0.25, 0.3) is 99.1 Å². The van der Waals surface area contributed by atoms with Gasteiger partial charge < -0.3 is 9.13 Å². The van der Waals surface area contributed by atoms with Crippen molar-refractivity contribution < 1.29 is 0 Å². The molecular formula is C52H34N2. The molecule has 9 aromatic carbocycles. The van der Waals surface area contributed by atoms with Crippen LogP contribution in [0.4, 0.5) is 0 Å². The molecule has 0 fully saturated rings. The first-order valence-corrected chi connectivity index (χ1v) is 18.6. The molecule has 2 heteroatoms. The summed E-state index contributed by atoms with van der Waals surface area (Å²) in [6.07, 6.45) is 0. The molecule has 0 amide bonds. The molecule has 0 N–H and O–H groups in total. The van der Waals surface area contributed by atoms with Crippen molar-refractivity contribution in [1.29, 1.82) is 0 Å². The molecule has 0 aliphatic heterocycles. The highest BCUT2D eigenvalue weighted by molar-refractivity contribution is 6.25. The van der Waals surface area contributed by atoms with E-state index in [1.165, 1.54) is 93.5 Å². The Bertz CT molecular complexity index is 3120. The van der Waals surface area contributed by atoms with Crippen molar-refractivity contribution in [2.24, 2.45) is 0 Å². The van der Waals surface area contributed by atoms with Gasteiger partial charge in [0.25, 0.3) is 0 Å². The maximum atomic E-state index is 2.58. The van der Waals surface area contributed by atoms with E-state index in [4.69, 9.17) is 0 Å². The predicted octanol–water partition coefficient (Wildman–Crippen LogP) is 14.0. The first kappa shape index (κ1) is 30.5. The molecule has 0 saturated carbocycles. The second-order valence-electron chi connectivity index (χ2n) is 14.0. The Kier molecular flexibility index (Phi) is 6.90. The summed E-state index contributed by atoms with van der Waals surface area (Å²) in [5.41, 5.74) is 13.2. The van der Waals surface area contributed by atoms with E-state index in [1.54, 1.807) is 0 Å². The minimum atomic E-state index is 1.13. The topological polar surface area (TPSA) is 9.86 Å². The summed E-state index contributed by atoms with van der Waals surface area (Å²) in [4.78, 5) is 0. The number of para-hydroxylation sites is 2. The van der Waals surface area contributed by atoms with Crippen LogP contribution in [0.3, 0.4) is 0 Å². The van der Waals surface area contributed by atoms with Crippen molar-refractivity contribution in [1.82, 2.24) is 9.13 Å². The number of rotatable bonds is 5. The van der Waals surface area contributed by atoms with Gasteiger partial charge in [-0.15, -0.1) is 0 Å². The van der Waals surface area contributed by atoms with E-state index in [0.717, 1.165) is 5.69 Å². The first-order valence-electron chi connectivity index (χ1n) is 18.6. The minimum Gasteiger partial charge on any atom is -0.307 e. The molecule has 0 unspecified atom stereocenters. The van der Waals surface area contributed by atoms with Crippen LogP contribution in [-0.2, 0) is 0 Å². The maximum absolute atomic E-state index is 2.58. The molecule has 0 spiro atoms. The predicted molar refractivity (Wildman–Crippen MR) is 229 cm³/mol. The number of benzene rings is 9. The highest BCUT2D eigenvalue weighted by Gasteiger charge is 2.27. The summed E-state index contributed by atoms with van der Waals surface area (Å²) in [5.74, 6) is 0. The molecule has 0 aliphatic rings. The summed E-state index contributed by atoms with van der Waals surface area (Å²) in [5, 5.41) is 8.60. The van der Waals surface area contributed by atoms with Gasteiger partial charge in [0.1, 0.15) is 0 Å². The molecule has 252 valence electrons. The molecule has 11 aromatic rings. The van der Waals surface area contributed by atoms with Crippen LogP contribution in [0.1, 0.15) is 0 Å². The van der Waals surface area contributed by atoms with Gasteiger partial charge in [-0.1, -0.05) is 188 Å². The third kappa shape index (κ3) is 4.47. The third-order valence-electron chi connectivity index (χ3n) is 11.1. The average Bonchev–Trinajstić information content (AvgIpc) is 3.77. The van der Waals surface area contributed by atoms with Crippen molar-refractivity contribution in [3.05, 3.63) is 206 Å². The van der Waals surface area contributed by atoms with E-state index in [9.17, 15) is 0 Å². The quantitative estimate of drug-likeness (QED) is 0.160. The molecule has 54 heavy (non-hydrogen) atoms. The van der Waals surface area contributed by atoms with E-state index in [2.05, 4.69) is 215 Å². The van der Waals surface area contributed by atoms with E-state index in [-0.39, 0.29) is 0 Å². The zero-order valence-electron chi connectivity index (χ0n) is 29.5. The number of fused-ring (bicyclic) bond motifs is 7. The van der Waals surface area contributed by atoms with E-state index in [1.807, 2.05) is 0 Å².